The van der Waals surface area contributed by atoms with Gasteiger partial charge >= 0.3 is 6.03 Å². The lowest BCUT2D eigenvalue weighted by molar-refractivity contribution is 0.240. The van der Waals surface area contributed by atoms with Crippen molar-refractivity contribution in [2.45, 2.75) is 44.9 Å². The summed E-state index contributed by atoms with van der Waals surface area (Å²) in [6.45, 7) is 1.93. The number of aryl methyl sites for hydroxylation is 1. The first kappa shape index (κ1) is 23.7. The largest absolute Gasteiger partial charge is 0.329 e. The average Bonchev–Trinajstić information content (AvgIpc) is 2.93. The number of pyridine rings is 2. The zero-order valence-corrected chi connectivity index (χ0v) is 20.3. The van der Waals surface area contributed by atoms with E-state index in [-0.39, 0.29) is 12.1 Å². The highest BCUT2D eigenvalue weighted by Crippen LogP contribution is 2.28. The molecule has 1 aliphatic rings. The van der Waals surface area contributed by atoms with E-state index in [4.69, 9.17) is 0 Å². The van der Waals surface area contributed by atoms with Gasteiger partial charge in [-0.05, 0) is 66.3 Å². The summed E-state index contributed by atoms with van der Waals surface area (Å²) in [6, 6.07) is 28.1. The predicted octanol–water partition coefficient (Wildman–Crippen LogP) is 5.56. The molecule has 4 aromatic rings. The molecule has 2 aromatic carbocycles. The number of carbonyl (C=O) groups is 1. The summed E-state index contributed by atoms with van der Waals surface area (Å²) in [5, 5.41) is 6.70. The summed E-state index contributed by atoms with van der Waals surface area (Å²) in [6.07, 6.45) is 6.57. The van der Waals surface area contributed by atoms with Crippen LogP contribution < -0.4 is 15.5 Å². The predicted molar refractivity (Wildman–Crippen MR) is 142 cm³/mol. The summed E-state index contributed by atoms with van der Waals surface area (Å²) in [5.74, 6) is 0. The molecule has 1 atom stereocenters. The van der Waals surface area contributed by atoms with Crippen molar-refractivity contribution in [3.8, 4) is 0 Å². The summed E-state index contributed by atoms with van der Waals surface area (Å²) in [7, 11) is 0. The van der Waals surface area contributed by atoms with Crippen molar-refractivity contribution in [3.05, 3.63) is 125 Å². The molecule has 182 valence electrons. The van der Waals surface area contributed by atoms with Crippen LogP contribution in [0.5, 0.6) is 0 Å². The van der Waals surface area contributed by atoms with Crippen LogP contribution >= 0.6 is 0 Å². The van der Waals surface area contributed by atoms with Gasteiger partial charge in [-0.15, -0.1) is 0 Å². The van der Waals surface area contributed by atoms with E-state index in [1.54, 1.807) is 6.20 Å². The van der Waals surface area contributed by atoms with Gasteiger partial charge in [0, 0.05) is 31.2 Å². The fourth-order valence-corrected chi connectivity index (χ4v) is 4.65. The van der Waals surface area contributed by atoms with Gasteiger partial charge in [-0.1, -0.05) is 54.6 Å². The maximum Gasteiger partial charge on any atom is 0.322 e. The first-order chi connectivity index (χ1) is 17.8. The van der Waals surface area contributed by atoms with E-state index in [1.165, 1.54) is 5.56 Å². The van der Waals surface area contributed by atoms with Crippen LogP contribution in [0.4, 0.5) is 10.5 Å². The van der Waals surface area contributed by atoms with Gasteiger partial charge in [-0.25, -0.2) is 4.79 Å². The lowest BCUT2D eigenvalue weighted by atomic mass is 9.92. The maximum absolute atomic E-state index is 13.6. The van der Waals surface area contributed by atoms with Crippen LogP contribution in [0.1, 0.15) is 47.0 Å². The van der Waals surface area contributed by atoms with Gasteiger partial charge in [0.1, 0.15) is 0 Å². The lowest BCUT2D eigenvalue weighted by Crippen LogP contribution is -2.42. The molecule has 5 rings (SSSR count). The number of hydrogen-bond donors (Lipinski definition) is 2. The van der Waals surface area contributed by atoms with E-state index in [2.05, 4.69) is 38.8 Å². The molecule has 6 heteroatoms. The molecule has 2 aromatic heterocycles. The molecule has 0 saturated carbocycles. The topological polar surface area (TPSA) is 70.2 Å². The minimum Gasteiger partial charge on any atom is -0.329 e. The van der Waals surface area contributed by atoms with Crippen molar-refractivity contribution < 1.29 is 4.79 Å². The average molecular weight is 478 g/mol. The molecular weight excluding hydrogens is 446 g/mol. The number of carbonyl (C=O) groups excluding carboxylic acids is 1. The fraction of sp³-hybridized carbons (Fsp3) is 0.233. The van der Waals surface area contributed by atoms with E-state index >= 15 is 0 Å². The normalized spacial score (nSPS) is 14.6. The molecule has 2 N–H and O–H groups in total. The molecular formula is C30H31N5O. The van der Waals surface area contributed by atoms with Crippen LogP contribution in [-0.4, -0.2) is 16.0 Å². The molecule has 36 heavy (non-hydrogen) atoms. The lowest BCUT2D eigenvalue weighted by Gasteiger charge is -2.29. The zero-order valence-electron chi connectivity index (χ0n) is 20.3. The number of nitrogens with one attached hydrogen (secondary N) is 2. The second-order valence-corrected chi connectivity index (χ2v) is 9.10. The van der Waals surface area contributed by atoms with Gasteiger partial charge in [0.15, 0.2) is 0 Å². The Kier molecular flexibility index (Phi) is 7.64. The van der Waals surface area contributed by atoms with E-state index in [0.29, 0.717) is 13.1 Å². The standard InChI is InChI=1S/C30H31N5O/c36-30(34-28-13-6-10-25-11-7-19-33-29(25)28)35(22-24-8-2-1-3-9-24)27-16-14-23(15-17-27)20-31-21-26-12-4-5-18-32-26/h1-5,7-9,11-12,14-19,28,31H,6,10,13,20-22H2,(H,34,36). The first-order valence-electron chi connectivity index (χ1n) is 12.5. The summed E-state index contributed by atoms with van der Waals surface area (Å²) >= 11 is 0. The van der Waals surface area contributed by atoms with Crippen molar-refractivity contribution in [3.63, 3.8) is 0 Å². The van der Waals surface area contributed by atoms with Gasteiger partial charge in [0.05, 0.1) is 24.0 Å². The third kappa shape index (κ3) is 5.96. The van der Waals surface area contributed by atoms with Crippen molar-refractivity contribution >= 4 is 11.7 Å². The fourth-order valence-electron chi connectivity index (χ4n) is 4.65. The van der Waals surface area contributed by atoms with Gasteiger partial charge in [-0.2, -0.15) is 0 Å². The van der Waals surface area contributed by atoms with Gasteiger partial charge in [-0.3, -0.25) is 14.9 Å². The Hall–Kier alpha value is -4.03. The Labute approximate surface area is 212 Å². The quantitative estimate of drug-likeness (QED) is 0.349. The number of rotatable bonds is 8. The first-order valence-corrected chi connectivity index (χ1v) is 12.5. The van der Waals surface area contributed by atoms with Crippen LogP contribution in [0, 0.1) is 0 Å². The Morgan fingerprint density at radius 3 is 2.44 bits per heavy atom. The molecule has 0 fully saturated rings. The summed E-state index contributed by atoms with van der Waals surface area (Å²) < 4.78 is 0. The van der Waals surface area contributed by atoms with Crippen molar-refractivity contribution in [2.24, 2.45) is 0 Å². The third-order valence-electron chi connectivity index (χ3n) is 6.53. The van der Waals surface area contributed by atoms with Crippen molar-refractivity contribution in [1.29, 1.82) is 0 Å². The maximum atomic E-state index is 13.6. The summed E-state index contributed by atoms with van der Waals surface area (Å²) in [5.41, 5.74) is 6.33. The zero-order chi connectivity index (χ0) is 24.6. The summed E-state index contributed by atoms with van der Waals surface area (Å²) in [4.78, 5) is 24.4. The molecule has 1 aliphatic carbocycles. The highest BCUT2D eigenvalue weighted by molar-refractivity contribution is 5.92. The monoisotopic (exact) mass is 477 g/mol. The Morgan fingerprint density at radius 1 is 0.833 bits per heavy atom. The number of aromatic nitrogens is 2. The second kappa shape index (κ2) is 11.6. The Bertz CT molecular complexity index is 1260. The molecule has 0 bridgehead atoms. The molecule has 0 saturated heterocycles. The van der Waals surface area contributed by atoms with Crippen LogP contribution in [-0.2, 0) is 26.1 Å². The van der Waals surface area contributed by atoms with Crippen molar-refractivity contribution in [2.75, 3.05) is 4.90 Å². The van der Waals surface area contributed by atoms with Crippen LogP contribution in [0.3, 0.4) is 0 Å². The minimum absolute atomic E-state index is 0.0733. The Balaban J connectivity index is 1.30. The molecule has 1 unspecified atom stereocenters. The number of urea groups is 1. The van der Waals surface area contributed by atoms with Gasteiger partial charge in [0.2, 0.25) is 0 Å². The highest BCUT2D eigenvalue weighted by atomic mass is 16.2. The highest BCUT2D eigenvalue weighted by Gasteiger charge is 2.26. The number of hydrogen-bond acceptors (Lipinski definition) is 4. The molecule has 0 aliphatic heterocycles. The number of nitrogens with zero attached hydrogens (tertiary/aromatic N) is 3. The number of amides is 2. The van der Waals surface area contributed by atoms with Crippen LogP contribution in [0.15, 0.2) is 97.3 Å². The van der Waals surface area contributed by atoms with E-state index in [1.807, 2.05) is 77.8 Å². The number of benzene rings is 2. The molecule has 2 amide bonds. The van der Waals surface area contributed by atoms with Crippen LogP contribution in [0.25, 0.3) is 0 Å². The second-order valence-electron chi connectivity index (χ2n) is 9.10. The third-order valence-corrected chi connectivity index (χ3v) is 6.53. The number of fused-ring (bicyclic) bond motifs is 1. The smallest absolute Gasteiger partial charge is 0.322 e. The molecule has 6 nitrogen and oxygen atoms in total. The molecule has 0 spiro atoms. The molecule has 0 radical (unpaired) electrons. The van der Waals surface area contributed by atoms with Gasteiger partial charge < -0.3 is 10.6 Å². The number of anilines is 1. The Morgan fingerprint density at radius 2 is 1.64 bits per heavy atom. The van der Waals surface area contributed by atoms with E-state index < -0.39 is 0 Å². The van der Waals surface area contributed by atoms with E-state index in [0.717, 1.165) is 54.0 Å². The van der Waals surface area contributed by atoms with E-state index in [9.17, 15) is 4.79 Å². The molecule has 2 heterocycles. The minimum atomic E-state index is -0.108. The van der Waals surface area contributed by atoms with Crippen LogP contribution in [0.2, 0.25) is 0 Å². The SMILES string of the molecule is O=C(NC1CCCc2cccnc21)N(Cc1ccccc1)c1ccc(CNCc2ccccn2)cc1. The van der Waals surface area contributed by atoms with Gasteiger partial charge in [0.25, 0.3) is 0 Å². The van der Waals surface area contributed by atoms with Crippen molar-refractivity contribution in [1.82, 2.24) is 20.6 Å².